The van der Waals surface area contributed by atoms with E-state index >= 15 is 4.39 Å². The number of nitrogens with zero attached hydrogens (tertiary/aromatic N) is 6. The number of aryl methyl sites for hydroxylation is 1. The number of amides is 1. The van der Waals surface area contributed by atoms with Gasteiger partial charge in [0.15, 0.2) is 11.5 Å². The normalized spacial score (nSPS) is 17.2. The second kappa shape index (κ2) is 11.0. The highest BCUT2D eigenvalue weighted by Gasteiger charge is 2.34. The third kappa shape index (κ3) is 4.78. The maximum atomic E-state index is 15.9. The Hall–Kier alpha value is -4.67. The van der Waals surface area contributed by atoms with Gasteiger partial charge in [-0.25, -0.2) is 23.1 Å². The fourth-order valence-corrected chi connectivity index (χ4v) is 5.58. The lowest BCUT2D eigenvalue weighted by Gasteiger charge is -2.44. The largest absolute Gasteiger partial charge is 0.507 e. The van der Waals surface area contributed by atoms with Gasteiger partial charge in [0.25, 0.3) is 0 Å². The quantitative estimate of drug-likeness (QED) is 0.339. The second-order valence-electron chi connectivity index (χ2n) is 10.9. The zero-order chi connectivity index (χ0) is 30.5. The molecule has 0 bridgehead atoms. The van der Waals surface area contributed by atoms with Gasteiger partial charge in [0.2, 0.25) is 5.91 Å². The molecule has 4 heterocycles. The molecule has 1 N–H and O–H groups in total. The summed E-state index contributed by atoms with van der Waals surface area (Å²) in [6.45, 7) is 13.7. The molecule has 0 aliphatic carbocycles. The van der Waals surface area contributed by atoms with Gasteiger partial charge in [0.05, 0.1) is 22.3 Å². The third-order valence-electron chi connectivity index (χ3n) is 7.67. The van der Waals surface area contributed by atoms with Gasteiger partial charge in [-0.1, -0.05) is 26.5 Å². The van der Waals surface area contributed by atoms with Gasteiger partial charge in [-0.3, -0.25) is 9.78 Å². The fraction of sp³-hybridized carbons (Fsp3) is 0.323. The Balaban J connectivity index is 1.85. The van der Waals surface area contributed by atoms with Gasteiger partial charge in [-0.05, 0) is 62.6 Å². The molecule has 42 heavy (non-hydrogen) atoms. The van der Waals surface area contributed by atoms with Crippen molar-refractivity contribution in [2.24, 2.45) is 0 Å². The maximum Gasteiger partial charge on any atom is 0.355 e. The summed E-state index contributed by atoms with van der Waals surface area (Å²) in [5, 5.41) is 10.7. The van der Waals surface area contributed by atoms with Gasteiger partial charge in [-0.2, -0.15) is 4.98 Å². The van der Waals surface area contributed by atoms with Crippen molar-refractivity contribution in [2.75, 3.05) is 18.0 Å². The highest BCUT2D eigenvalue weighted by molar-refractivity contribution is 5.91. The van der Waals surface area contributed by atoms with Crippen molar-refractivity contribution in [1.82, 2.24) is 24.4 Å². The molecule has 4 aromatic rings. The number of hydrogen-bond donors (Lipinski definition) is 1. The SMILES string of the molecule is C=CC(=O)N1CC(C)N(c2nc(=O)n(-c3c(C)ccnc3C(C)C)c3nc(-c4c(O)cccc4F)c(F)cc23)CC1C. The maximum absolute atomic E-state index is 15.9. The Kier molecular flexibility index (Phi) is 7.53. The lowest BCUT2D eigenvalue weighted by molar-refractivity contribution is -0.128. The van der Waals surface area contributed by atoms with Crippen molar-refractivity contribution in [3.8, 4) is 22.7 Å². The number of carbonyl (C=O) groups is 1. The van der Waals surface area contributed by atoms with E-state index in [0.717, 1.165) is 6.07 Å². The molecule has 1 aliphatic heterocycles. The number of phenolic OH excluding ortho intramolecular Hbond substituents is 1. The van der Waals surface area contributed by atoms with Gasteiger partial charge >= 0.3 is 5.69 Å². The summed E-state index contributed by atoms with van der Waals surface area (Å²) in [4.78, 5) is 43.4. The minimum absolute atomic E-state index is 0.0338. The minimum atomic E-state index is -0.899. The minimum Gasteiger partial charge on any atom is -0.507 e. The van der Waals surface area contributed by atoms with Crippen LogP contribution in [0.25, 0.3) is 28.0 Å². The first-order valence-electron chi connectivity index (χ1n) is 13.7. The zero-order valence-electron chi connectivity index (χ0n) is 24.1. The number of aromatic nitrogens is 4. The van der Waals surface area contributed by atoms with Crippen LogP contribution in [0.2, 0.25) is 0 Å². The highest BCUT2D eigenvalue weighted by atomic mass is 19.1. The van der Waals surface area contributed by atoms with E-state index in [-0.39, 0.29) is 40.8 Å². The Morgan fingerprint density at radius 1 is 1.12 bits per heavy atom. The van der Waals surface area contributed by atoms with Crippen molar-refractivity contribution < 1.29 is 18.7 Å². The lowest BCUT2D eigenvalue weighted by Crippen LogP contribution is -2.58. The smallest absolute Gasteiger partial charge is 0.355 e. The number of phenols is 1. The molecule has 1 fully saturated rings. The van der Waals surface area contributed by atoms with E-state index < -0.39 is 34.3 Å². The standard InChI is InChI=1S/C31H32F2N6O3/c1-7-24(41)37-14-19(6)38(15-18(37)5)29-20-13-22(33)27(25-21(32)9-8-10-23(25)40)35-30(20)39(31(42)36-29)28-17(4)11-12-34-26(28)16(2)3/h7-13,16,18-19,40H,1,14-15H2,2-6H3. The Morgan fingerprint density at radius 3 is 2.52 bits per heavy atom. The predicted molar refractivity (Wildman–Crippen MR) is 157 cm³/mol. The van der Waals surface area contributed by atoms with E-state index in [0.29, 0.717) is 30.0 Å². The van der Waals surface area contributed by atoms with E-state index in [1.54, 1.807) is 17.2 Å². The summed E-state index contributed by atoms with van der Waals surface area (Å²) in [6.07, 6.45) is 2.90. The fourth-order valence-electron chi connectivity index (χ4n) is 5.58. The summed E-state index contributed by atoms with van der Waals surface area (Å²) in [5.41, 5.74) is 0.264. The number of hydrogen-bond acceptors (Lipinski definition) is 7. The zero-order valence-corrected chi connectivity index (χ0v) is 24.1. The van der Waals surface area contributed by atoms with Crippen molar-refractivity contribution in [3.05, 3.63) is 82.6 Å². The third-order valence-corrected chi connectivity index (χ3v) is 7.67. The molecule has 218 valence electrons. The van der Waals surface area contributed by atoms with Crippen LogP contribution >= 0.6 is 0 Å². The van der Waals surface area contributed by atoms with Gasteiger partial charge < -0.3 is 14.9 Å². The van der Waals surface area contributed by atoms with E-state index in [1.807, 2.05) is 39.5 Å². The summed E-state index contributed by atoms with van der Waals surface area (Å²) in [5.74, 6) is -2.36. The van der Waals surface area contributed by atoms with Crippen molar-refractivity contribution in [1.29, 1.82) is 0 Å². The summed E-state index contributed by atoms with van der Waals surface area (Å²) in [7, 11) is 0. The van der Waals surface area contributed by atoms with Crippen LogP contribution in [-0.2, 0) is 4.79 Å². The molecule has 1 aliphatic rings. The number of benzene rings is 1. The van der Waals surface area contributed by atoms with Crippen LogP contribution in [0, 0.1) is 18.6 Å². The van der Waals surface area contributed by atoms with Gasteiger partial charge in [0.1, 0.15) is 23.1 Å². The number of anilines is 1. The average Bonchev–Trinajstić information content (AvgIpc) is 2.94. The highest BCUT2D eigenvalue weighted by Crippen LogP contribution is 2.37. The molecule has 5 rings (SSSR count). The molecule has 1 amide bonds. The first-order chi connectivity index (χ1) is 19.9. The molecule has 2 unspecified atom stereocenters. The number of piperazine rings is 1. The van der Waals surface area contributed by atoms with E-state index in [1.165, 1.54) is 28.8 Å². The van der Waals surface area contributed by atoms with Crippen LogP contribution in [0.4, 0.5) is 14.6 Å². The van der Waals surface area contributed by atoms with Crippen molar-refractivity contribution in [3.63, 3.8) is 0 Å². The van der Waals surface area contributed by atoms with E-state index in [4.69, 9.17) is 0 Å². The predicted octanol–water partition coefficient (Wildman–Crippen LogP) is 4.87. The van der Waals surface area contributed by atoms with Crippen LogP contribution in [0.3, 0.4) is 0 Å². The summed E-state index contributed by atoms with van der Waals surface area (Å²) in [6, 6.07) is 6.01. The molecule has 11 heteroatoms. The molecule has 0 radical (unpaired) electrons. The molecule has 9 nitrogen and oxygen atoms in total. The average molecular weight is 575 g/mol. The van der Waals surface area contributed by atoms with Crippen molar-refractivity contribution >= 4 is 22.8 Å². The lowest BCUT2D eigenvalue weighted by atomic mass is 10.0. The summed E-state index contributed by atoms with van der Waals surface area (Å²) >= 11 is 0. The summed E-state index contributed by atoms with van der Waals surface area (Å²) < 4.78 is 32.1. The van der Waals surface area contributed by atoms with Crippen LogP contribution < -0.4 is 10.6 Å². The number of fused-ring (bicyclic) bond motifs is 1. The molecule has 1 saturated heterocycles. The van der Waals surface area contributed by atoms with Crippen LogP contribution in [0.15, 0.2) is 54.0 Å². The topological polar surface area (TPSA) is 104 Å². The van der Waals surface area contributed by atoms with Crippen molar-refractivity contribution in [2.45, 2.75) is 52.6 Å². The number of carbonyl (C=O) groups excluding carboxylic acids is 1. The molecule has 0 saturated carbocycles. The van der Waals surface area contributed by atoms with Gasteiger partial charge in [0, 0.05) is 31.4 Å². The first kappa shape index (κ1) is 28.8. The molecule has 1 aromatic carbocycles. The molecular weight excluding hydrogens is 542 g/mol. The Bertz CT molecular complexity index is 1770. The number of aromatic hydroxyl groups is 1. The van der Waals surface area contributed by atoms with Crippen LogP contribution in [-0.4, -0.2) is 60.6 Å². The number of rotatable bonds is 5. The monoisotopic (exact) mass is 574 g/mol. The number of pyridine rings is 2. The second-order valence-corrected chi connectivity index (χ2v) is 10.9. The van der Waals surface area contributed by atoms with Gasteiger partial charge in [-0.15, -0.1) is 0 Å². The van der Waals surface area contributed by atoms with Crippen LogP contribution in [0.5, 0.6) is 5.75 Å². The number of halogens is 2. The Morgan fingerprint density at radius 2 is 1.86 bits per heavy atom. The van der Waals surface area contributed by atoms with E-state index in [2.05, 4.69) is 21.5 Å². The van der Waals surface area contributed by atoms with Crippen LogP contribution in [0.1, 0.15) is 44.9 Å². The molecule has 2 atom stereocenters. The Labute approximate surface area is 241 Å². The molecule has 3 aromatic heterocycles. The van der Waals surface area contributed by atoms with E-state index in [9.17, 15) is 19.1 Å². The molecular formula is C31H32F2N6O3. The first-order valence-corrected chi connectivity index (χ1v) is 13.7. The molecule has 0 spiro atoms.